The van der Waals surface area contributed by atoms with E-state index in [-0.39, 0.29) is 5.02 Å². The van der Waals surface area contributed by atoms with Crippen molar-refractivity contribution in [3.63, 3.8) is 0 Å². The van der Waals surface area contributed by atoms with Gasteiger partial charge in [0.15, 0.2) is 0 Å². The van der Waals surface area contributed by atoms with Crippen molar-refractivity contribution in [2.45, 2.75) is 6.18 Å². The van der Waals surface area contributed by atoms with Gasteiger partial charge >= 0.3 is 6.18 Å². The monoisotopic (exact) mass is 416 g/mol. The van der Waals surface area contributed by atoms with Crippen LogP contribution >= 0.6 is 45.8 Å². The van der Waals surface area contributed by atoms with Crippen LogP contribution in [0, 0.1) is 3.57 Å². The average Bonchev–Trinajstić information content (AvgIpc) is 2.32. The van der Waals surface area contributed by atoms with Crippen LogP contribution in [0.15, 0.2) is 36.4 Å². The molecular weight excluding hydrogens is 411 g/mol. The molecule has 6 heteroatoms. The van der Waals surface area contributed by atoms with E-state index in [9.17, 15) is 13.2 Å². The van der Waals surface area contributed by atoms with Gasteiger partial charge < -0.3 is 0 Å². The van der Waals surface area contributed by atoms with Gasteiger partial charge in [0.1, 0.15) is 0 Å². The zero-order valence-electron chi connectivity index (χ0n) is 9.23. The molecule has 0 aliphatic heterocycles. The largest absolute Gasteiger partial charge is 0.416 e. The van der Waals surface area contributed by atoms with E-state index in [0.717, 1.165) is 12.1 Å². The molecule has 0 aliphatic rings. The Labute approximate surface area is 131 Å². The Morgan fingerprint density at radius 2 is 1.63 bits per heavy atom. The lowest BCUT2D eigenvalue weighted by Gasteiger charge is -2.12. The summed E-state index contributed by atoms with van der Waals surface area (Å²) in [5.74, 6) is 0. The number of hydrogen-bond donors (Lipinski definition) is 0. The minimum Gasteiger partial charge on any atom is -0.166 e. The minimum absolute atomic E-state index is 0.251. The van der Waals surface area contributed by atoms with Crippen molar-refractivity contribution in [2.24, 2.45) is 0 Å². The summed E-state index contributed by atoms with van der Waals surface area (Å²) < 4.78 is 38.9. The van der Waals surface area contributed by atoms with Gasteiger partial charge in [-0.25, -0.2) is 0 Å². The van der Waals surface area contributed by atoms with Crippen molar-refractivity contribution >= 4 is 45.8 Å². The van der Waals surface area contributed by atoms with Crippen LogP contribution in [0.1, 0.15) is 5.56 Å². The average molecular weight is 417 g/mol. The lowest BCUT2D eigenvalue weighted by atomic mass is 10.0. The minimum atomic E-state index is -4.38. The molecule has 19 heavy (non-hydrogen) atoms. The maximum absolute atomic E-state index is 12.7. The highest BCUT2D eigenvalue weighted by Gasteiger charge is 2.31. The fourth-order valence-electron chi connectivity index (χ4n) is 1.62. The van der Waals surface area contributed by atoms with Gasteiger partial charge in [-0.05, 0) is 52.4 Å². The lowest BCUT2D eigenvalue weighted by Crippen LogP contribution is -2.05. The molecule has 0 amide bonds. The van der Waals surface area contributed by atoms with Crippen molar-refractivity contribution in [3.8, 4) is 11.1 Å². The Kier molecular flexibility index (Phi) is 4.32. The van der Waals surface area contributed by atoms with Crippen LogP contribution in [-0.2, 0) is 6.18 Å². The fraction of sp³-hybridized carbons (Fsp3) is 0.0769. The third-order valence-corrected chi connectivity index (χ3v) is 4.30. The highest BCUT2D eigenvalue weighted by molar-refractivity contribution is 14.1. The fourth-order valence-corrected chi connectivity index (χ4v) is 2.65. The first-order valence-electron chi connectivity index (χ1n) is 5.12. The second-order valence-electron chi connectivity index (χ2n) is 3.79. The molecule has 0 N–H and O–H groups in total. The zero-order valence-corrected chi connectivity index (χ0v) is 12.9. The molecule has 0 atom stereocenters. The molecule has 0 heterocycles. The Hall–Kier alpha value is -0.460. The first-order chi connectivity index (χ1) is 8.80. The molecule has 0 aliphatic carbocycles. The molecule has 0 nitrogen and oxygen atoms in total. The van der Waals surface area contributed by atoms with Gasteiger partial charge in [-0.2, -0.15) is 13.2 Å². The van der Waals surface area contributed by atoms with Crippen LogP contribution in [0.2, 0.25) is 10.0 Å². The third kappa shape index (κ3) is 3.17. The molecule has 0 spiro atoms. The van der Waals surface area contributed by atoms with E-state index in [2.05, 4.69) is 0 Å². The Balaban J connectivity index is 2.65. The maximum Gasteiger partial charge on any atom is 0.416 e. The summed E-state index contributed by atoms with van der Waals surface area (Å²) in [6.45, 7) is 0. The van der Waals surface area contributed by atoms with Crippen LogP contribution in [-0.4, -0.2) is 0 Å². The highest BCUT2D eigenvalue weighted by atomic mass is 127. The van der Waals surface area contributed by atoms with Crippen LogP contribution in [0.3, 0.4) is 0 Å². The van der Waals surface area contributed by atoms with Gasteiger partial charge in [0, 0.05) is 9.13 Å². The number of halogens is 6. The molecule has 100 valence electrons. The summed E-state index contributed by atoms with van der Waals surface area (Å²) in [5.41, 5.74) is 0.201. The van der Waals surface area contributed by atoms with Gasteiger partial charge in [-0.1, -0.05) is 35.3 Å². The zero-order chi connectivity index (χ0) is 14.2. The molecule has 0 saturated heterocycles. The smallest absolute Gasteiger partial charge is 0.166 e. The predicted octanol–water partition coefficient (Wildman–Crippen LogP) is 6.28. The number of benzene rings is 2. The first kappa shape index (κ1) is 14.9. The molecule has 0 aromatic heterocycles. The van der Waals surface area contributed by atoms with Crippen LogP contribution in [0.4, 0.5) is 13.2 Å². The highest BCUT2D eigenvalue weighted by Crippen LogP contribution is 2.39. The van der Waals surface area contributed by atoms with Gasteiger partial charge in [0.2, 0.25) is 0 Å². The van der Waals surface area contributed by atoms with E-state index < -0.39 is 11.7 Å². The van der Waals surface area contributed by atoms with E-state index in [4.69, 9.17) is 23.2 Å². The Morgan fingerprint density at radius 1 is 0.947 bits per heavy atom. The maximum atomic E-state index is 12.7. The van der Waals surface area contributed by atoms with Gasteiger partial charge in [-0.15, -0.1) is 0 Å². The summed E-state index contributed by atoms with van der Waals surface area (Å²) in [6.07, 6.45) is -4.38. The van der Waals surface area contributed by atoms with E-state index in [1.54, 1.807) is 18.2 Å². The summed E-state index contributed by atoms with van der Waals surface area (Å²) in [5, 5.41) is 0.564. The molecule has 0 bridgehead atoms. The molecular formula is C13H6Cl2F3I. The summed E-state index contributed by atoms with van der Waals surface area (Å²) in [7, 11) is 0. The second kappa shape index (κ2) is 5.50. The molecule has 0 unspecified atom stereocenters. The van der Waals surface area contributed by atoms with Gasteiger partial charge in [0.05, 0.1) is 15.6 Å². The van der Waals surface area contributed by atoms with Gasteiger partial charge in [0.25, 0.3) is 0 Å². The second-order valence-corrected chi connectivity index (χ2v) is 5.74. The van der Waals surface area contributed by atoms with Crippen molar-refractivity contribution < 1.29 is 13.2 Å². The Morgan fingerprint density at radius 3 is 2.26 bits per heavy atom. The number of hydrogen-bond acceptors (Lipinski definition) is 0. The third-order valence-electron chi connectivity index (χ3n) is 2.54. The van der Waals surface area contributed by atoms with Crippen LogP contribution in [0.5, 0.6) is 0 Å². The molecule has 0 fully saturated rings. The van der Waals surface area contributed by atoms with Crippen LogP contribution < -0.4 is 0 Å². The standard InChI is InChI=1S/C13H6Cl2F3I/c14-10-3-1-2-8(12(10)15)9-6-7(13(16,17)18)4-5-11(9)19/h1-6H. The number of alkyl halides is 3. The molecule has 2 rings (SSSR count). The van der Waals surface area contributed by atoms with Crippen molar-refractivity contribution in [2.75, 3.05) is 0 Å². The predicted molar refractivity (Wildman–Crippen MR) is 79.6 cm³/mol. The van der Waals surface area contributed by atoms with Gasteiger partial charge in [-0.3, -0.25) is 0 Å². The van der Waals surface area contributed by atoms with Crippen LogP contribution in [0.25, 0.3) is 11.1 Å². The van der Waals surface area contributed by atoms with Crippen molar-refractivity contribution in [3.05, 3.63) is 55.6 Å². The molecule has 2 aromatic rings. The van der Waals surface area contributed by atoms with E-state index >= 15 is 0 Å². The summed E-state index contributed by atoms with van der Waals surface area (Å²) >= 11 is 13.9. The topological polar surface area (TPSA) is 0 Å². The van der Waals surface area contributed by atoms with Crippen molar-refractivity contribution in [1.82, 2.24) is 0 Å². The molecule has 0 saturated carbocycles. The lowest BCUT2D eigenvalue weighted by molar-refractivity contribution is -0.137. The molecule has 0 radical (unpaired) electrons. The summed E-state index contributed by atoms with van der Waals surface area (Å²) in [6, 6.07) is 8.43. The SMILES string of the molecule is FC(F)(F)c1ccc(I)c(-c2cccc(Cl)c2Cl)c1. The summed E-state index contributed by atoms with van der Waals surface area (Å²) in [4.78, 5) is 0. The van der Waals surface area contributed by atoms with E-state index in [0.29, 0.717) is 19.7 Å². The quantitative estimate of drug-likeness (QED) is 0.479. The molecule has 2 aromatic carbocycles. The van der Waals surface area contributed by atoms with Crippen molar-refractivity contribution in [1.29, 1.82) is 0 Å². The van der Waals surface area contributed by atoms with E-state index in [1.165, 1.54) is 6.07 Å². The Bertz CT molecular complexity index is 624. The first-order valence-corrected chi connectivity index (χ1v) is 6.95. The van der Waals surface area contributed by atoms with E-state index in [1.807, 2.05) is 22.6 Å². The number of rotatable bonds is 1. The normalized spacial score (nSPS) is 11.7.